The Kier molecular flexibility index (Phi) is 17.4. The highest BCUT2D eigenvalue weighted by Crippen LogP contribution is 2.45. The number of nitrogens with zero attached hydrogens (tertiary/aromatic N) is 5. The number of benzene rings is 18. The van der Waals surface area contributed by atoms with Gasteiger partial charge in [-0.05, 0) is 153 Å². The predicted octanol–water partition coefficient (Wildman–Crippen LogP) is 29.8. The van der Waals surface area contributed by atoms with Crippen molar-refractivity contribution in [3.8, 4) is 101 Å². The molecule has 0 radical (unpaired) electrons. The number of rotatable bonds is 9. The minimum Gasteiger partial charge on any atom is -0.256 e. The normalized spacial score (nSPS) is 11.5. The molecule has 0 spiro atoms. The number of pyridine rings is 3. The van der Waals surface area contributed by atoms with Crippen LogP contribution in [0.15, 0.2) is 419 Å². The van der Waals surface area contributed by atoms with Crippen molar-refractivity contribution in [2.24, 2.45) is 0 Å². The van der Waals surface area contributed by atoms with Gasteiger partial charge in [0.05, 0.1) is 50.9 Å². The van der Waals surface area contributed by atoms with Gasteiger partial charge in [-0.25, -0.2) is 15.0 Å². The SMILES string of the molecule is c1cc(-c2cccc(-c3cccc4c3sc3ccccc34)c2)cc(-c2cnc3c4ccccc4c4ccccc4c3n2)c1.c1ccc(-c2cc(-c3ccc4ccccc4c3)nc3c2ccc2c(-c4ccccc4)cc(-c4ccc5ccccc5c4)nc23)cc1.c1ccc(-c2cccc3c2ccc2c(-c4ccccc4)ccnc23)cc1. The highest BCUT2D eigenvalue weighted by atomic mass is 32.1. The third-order valence-corrected chi connectivity index (χ3v) is 23.7. The monoisotopic (exact) mass is 1480 g/mol. The number of thiophene rings is 1. The van der Waals surface area contributed by atoms with Crippen LogP contribution >= 0.6 is 11.3 Å². The zero-order valence-electron chi connectivity index (χ0n) is 62.5. The molecule has 0 saturated carbocycles. The van der Waals surface area contributed by atoms with Crippen molar-refractivity contribution >= 4 is 129 Å². The molecule has 18 aromatic carbocycles. The second-order valence-corrected chi connectivity index (χ2v) is 30.3. The molecule has 23 rings (SSSR count). The average Bonchev–Trinajstić information content (AvgIpc) is 1.34. The lowest BCUT2D eigenvalue weighted by atomic mass is 9.93. The van der Waals surface area contributed by atoms with Gasteiger partial charge in [0.25, 0.3) is 0 Å². The third-order valence-electron chi connectivity index (χ3n) is 22.5. The zero-order chi connectivity index (χ0) is 76.1. The minimum absolute atomic E-state index is 0.876. The summed E-state index contributed by atoms with van der Waals surface area (Å²) in [4.78, 5) is 25.8. The Morgan fingerprint density at radius 2 is 0.548 bits per heavy atom. The van der Waals surface area contributed by atoms with Gasteiger partial charge in [-0.2, -0.15) is 0 Å². The smallest absolute Gasteiger partial charge is 0.0979 e. The van der Waals surface area contributed by atoms with Crippen LogP contribution in [0.2, 0.25) is 0 Å². The minimum atomic E-state index is 0.876. The summed E-state index contributed by atoms with van der Waals surface area (Å²) in [6.07, 6.45) is 3.83. The average molecular weight is 1480 g/mol. The highest BCUT2D eigenvalue weighted by Gasteiger charge is 2.21. The first-order chi connectivity index (χ1) is 57.0. The molecular weight excluding hydrogens is 1410 g/mol. The third kappa shape index (κ3) is 12.7. The fourth-order valence-corrected chi connectivity index (χ4v) is 18.1. The Morgan fingerprint density at radius 1 is 0.174 bits per heavy atom. The van der Waals surface area contributed by atoms with Crippen LogP contribution in [-0.2, 0) is 0 Å². The van der Waals surface area contributed by atoms with E-state index in [1.807, 2.05) is 23.7 Å². The van der Waals surface area contributed by atoms with E-state index in [0.29, 0.717) is 0 Å². The summed E-state index contributed by atoms with van der Waals surface area (Å²) in [6.45, 7) is 0. The Bertz CT molecular complexity index is 7400. The van der Waals surface area contributed by atoms with Gasteiger partial charge in [-0.1, -0.05) is 358 Å². The van der Waals surface area contributed by atoms with Gasteiger partial charge in [-0.15, -0.1) is 11.3 Å². The van der Waals surface area contributed by atoms with Crippen molar-refractivity contribution in [2.45, 2.75) is 0 Å². The lowest BCUT2D eigenvalue weighted by Crippen LogP contribution is -1.95. The molecule has 0 saturated heterocycles. The van der Waals surface area contributed by atoms with Crippen molar-refractivity contribution in [2.75, 3.05) is 0 Å². The van der Waals surface area contributed by atoms with Gasteiger partial charge in [0.1, 0.15) is 0 Å². The number of fused-ring (bicyclic) bond motifs is 17. The summed E-state index contributed by atoms with van der Waals surface area (Å²) in [5.41, 5.74) is 25.1. The van der Waals surface area contributed by atoms with Crippen LogP contribution in [0, 0.1) is 0 Å². The summed E-state index contributed by atoms with van der Waals surface area (Å²) in [5, 5.41) is 18.0. The Balaban J connectivity index is 0.000000112. The van der Waals surface area contributed by atoms with Crippen LogP contribution in [0.1, 0.15) is 0 Å². The first kappa shape index (κ1) is 68.1. The van der Waals surface area contributed by atoms with Crippen molar-refractivity contribution in [3.05, 3.63) is 419 Å². The van der Waals surface area contributed by atoms with Gasteiger partial charge in [0.2, 0.25) is 0 Å². The molecule has 0 aliphatic heterocycles. The van der Waals surface area contributed by atoms with E-state index in [4.69, 9.17) is 24.9 Å². The summed E-state index contributed by atoms with van der Waals surface area (Å²) in [5.74, 6) is 0. The van der Waals surface area contributed by atoms with Crippen molar-refractivity contribution in [1.82, 2.24) is 24.9 Å². The van der Waals surface area contributed by atoms with E-state index in [0.717, 1.165) is 111 Å². The molecular formula is C109H69N5S. The lowest BCUT2D eigenvalue weighted by molar-refractivity contribution is 1.31. The van der Waals surface area contributed by atoms with Crippen molar-refractivity contribution in [1.29, 1.82) is 0 Å². The first-order valence-electron chi connectivity index (χ1n) is 39.0. The molecule has 0 aliphatic carbocycles. The molecule has 0 amide bonds. The quantitative estimate of drug-likeness (QED) is 0.135. The van der Waals surface area contributed by atoms with Gasteiger partial charge >= 0.3 is 0 Å². The number of aromatic nitrogens is 5. The molecule has 5 heterocycles. The molecule has 536 valence electrons. The van der Waals surface area contributed by atoms with Gasteiger partial charge in [-0.3, -0.25) is 9.97 Å². The summed E-state index contributed by atoms with van der Waals surface area (Å²) < 4.78 is 2.66. The standard InChI is InChI=1S/C44H28N2.C40H24N2S.C25H17N/c1-3-13-31(14-4-1)39-27-41(35-21-19-29-11-7-9-17-33(29)25-35)45-43-37(39)23-24-38-40(32-15-5-2-6-16-32)28-42(46-44(38)43)36-22-20-30-12-8-10-18-34(30)26-36;1-3-17-33-30(14-1)31-15-2-4-18-34(31)39-38(33)41-24-36(42-39)28-13-8-11-26(23-28)25-10-7-12-27(22-25)29-19-9-20-35-32-16-5-6-21-37(32)43-40(29)35;1-3-8-18(9-4-1)20-12-7-13-23-22(20)14-15-24-21(16-17-26-25(23)24)19-10-5-2-6-11-19/h1-28H;1-24H;1-17H. The molecule has 5 aromatic heterocycles. The molecule has 115 heavy (non-hydrogen) atoms. The molecule has 0 aliphatic rings. The van der Waals surface area contributed by atoms with E-state index in [1.165, 1.54) is 108 Å². The van der Waals surface area contributed by atoms with Crippen LogP contribution < -0.4 is 0 Å². The maximum absolute atomic E-state index is 5.42. The van der Waals surface area contributed by atoms with E-state index in [2.05, 4.69) is 406 Å². The van der Waals surface area contributed by atoms with Crippen LogP contribution in [0.4, 0.5) is 0 Å². The van der Waals surface area contributed by atoms with Gasteiger partial charge in [0.15, 0.2) is 0 Å². The van der Waals surface area contributed by atoms with E-state index >= 15 is 0 Å². The molecule has 5 nitrogen and oxygen atoms in total. The van der Waals surface area contributed by atoms with Crippen molar-refractivity contribution in [3.63, 3.8) is 0 Å². The molecule has 0 atom stereocenters. The van der Waals surface area contributed by atoms with Crippen LogP contribution in [0.5, 0.6) is 0 Å². The fourth-order valence-electron chi connectivity index (χ4n) is 16.9. The first-order valence-corrected chi connectivity index (χ1v) is 39.8. The molecule has 0 unspecified atom stereocenters. The van der Waals surface area contributed by atoms with Gasteiger partial charge < -0.3 is 0 Å². The fraction of sp³-hybridized carbons (Fsp3) is 0. The lowest BCUT2D eigenvalue weighted by Gasteiger charge is -2.16. The Morgan fingerprint density at radius 3 is 1.12 bits per heavy atom. The Hall–Kier alpha value is -15.0. The topological polar surface area (TPSA) is 64.5 Å². The maximum Gasteiger partial charge on any atom is 0.0979 e. The van der Waals surface area contributed by atoms with Gasteiger partial charge in [0, 0.05) is 75.4 Å². The van der Waals surface area contributed by atoms with Crippen LogP contribution in [0.25, 0.3) is 218 Å². The number of hydrogen-bond acceptors (Lipinski definition) is 6. The highest BCUT2D eigenvalue weighted by molar-refractivity contribution is 7.26. The summed E-state index contributed by atoms with van der Waals surface area (Å²) in [7, 11) is 0. The van der Waals surface area contributed by atoms with E-state index in [-0.39, 0.29) is 0 Å². The van der Waals surface area contributed by atoms with E-state index in [9.17, 15) is 0 Å². The summed E-state index contributed by atoms with van der Waals surface area (Å²) in [6, 6.07) is 144. The molecule has 0 fully saturated rings. The van der Waals surface area contributed by atoms with Crippen LogP contribution in [0.3, 0.4) is 0 Å². The molecule has 0 N–H and O–H groups in total. The molecule has 23 aromatic rings. The summed E-state index contributed by atoms with van der Waals surface area (Å²) >= 11 is 1.87. The predicted molar refractivity (Wildman–Crippen MR) is 488 cm³/mol. The largest absolute Gasteiger partial charge is 0.256 e. The Labute approximate surface area is 668 Å². The van der Waals surface area contributed by atoms with E-state index in [1.54, 1.807) is 0 Å². The second kappa shape index (κ2) is 29.4. The molecule has 0 bridgehead atoms. The second-order valence-electron chi connectivity index (χ2n) is 29.3. The zero-order valence-corrected chi connectivity index (χ0v) is 63.3. The molecule has 6 heteroatoms. The van der Waals surface area contributed by atoms with E-state index < -0.39 is 0 Å². The van der Waals surface area contributed by atoms with Crippen molar-refractivity contribution < 1.29 is 0 Å². The maximum atomic E-state index is 5.42. The van der Waals surface area contributed by atoms with Crippen LogP contribution in [-0.4, -0.2) is 24.9 Å². The number of hydrogen-bond donors (Lipinski definition) is 0.